The predicted octanol–water partition coefficient (Wildman–Crippen LogP) is 1.60. The first-order valence-electron chi connectivity index (χ1n) is 5.32. The number of aliphatic hydroxyl groups is 1. The first-order chi connectivity index (χ1) is 7.44. The maximum atomic E-state index is 11.7. The molecule has 16 heavy (non-hydrogen) atoms. The molecule has 1 N–H and O–H groups in total. The van der Waals surface area contributed by atoms with E-state index in [1.807, 2.05) is 32.0 Å². The van der Waals surface area contributed by atoms with E-state index in [1.54, 1.807) is 0 Å². The van der Waals surface area contributed by atoms with Crippen LogP contribution < -0.4 is 0 Å². The lowest BCUT2D eigenvalue weighted by molar-refractivity contribution is 0.295. The molecule has 0 saturated heterocycles. The number of aliphatic hydroxyl groups excluding tert-OH is 1. The largest absolute Gasteiger partial charge is 0.396 e. The van der Waals surface area contributed by atoms with Crippen LogP contribution >= 0.6 is 0 Å². The molecule has 1 aromatic rings. The maximum absolute atomic E-state index is 11.7. The summed E-state index contributed by atoms with van der Waals surface area (Å²) in [5.41, 5.74) is 2.93. The van der Waals surface area contributed by atoms with Gasteiger partial charge in [0.15, 0.2) is 9.84 Å². The summed E-state index contributed by atoms with van der Waals surface area (Å²) in [4.78, 5) is 0. The van der Waals surface area contributed by atoms with Gasteiger partial charge in [0.2, 0.25) is 0 Å². The van der Waals surface area contributed by atoms with Gasteiger partial charge in [-0.1, -0.05) is 23.8 Å². The van der Waals surface area contributed by atoms with Crippen LogP contribution in [0, 0.1) is 13.8 Å². The summed E-state index contributed by atoms with van der Waals surface area (Å²) in [6.07, 6.45) is 0.313. The van der Waals surface area contributed by atoms with Gasteiger partial charge in [-0.05, 0) is 31.4 Å². The number of benzene rings is 1. The summed E-state index contributed by atoms with van der Waals surface area (Å²) >= 11 is 0. The minimum atomic E-state index is -3.10. The average Bonchev–Trinajstić information content (AvgIpc) is 2.20. The first-order valence-corrected chi connectivity index (χ1v) is 7.14. The molecule has 0 spiro atoms. The van der Waals surface area contributed by atoms with Crippen LogP contribution in [-0.4, -0.2) is 25.9 Å². The third-order valence-corrected chi connectivity index (χ3v) is 4.16. The Morgan fingerprint density at radius 1 is 1.25 bits per heavy atom. The van der Waals surface area contributed by atoms with E-state index in [4.69, 9.17) is 5.11 Å². The van der Waals surface area contributed by atoms with Gasteiger partial charge in [-0.3, -0.25) is 0 Å². The van der Waals surface area contributed by atoms with Gasteiger partial charge in [-0.25, -0.2) is 8.42 Å². The monoisotopic (exact) mass is 242 g/mol. The molecule has 0 aliphatic carbocycles. The second-order valence-electron chi connectivity index (χ2n) is 4.10. The van der Waals surface area contributed by atoms with Crippen molar-refractivity contribution in [2.24, 2.45) is 0 Å². The van der Waals surface area contributed by atoms with Crippen molar-refractivity contribution in [3.05, 3.63) is 34.9 Å². The fourth-order valence-corrected chi connectivity index (χ4v) is 3.05. The van der Waals surface area contributed by atoms with Gasteiger partial charge >= 0.3 is 0 Å². The normalized spacial score (nSPS) is 11.7. The first kappa shape index (κ1) is 13.2. The van der Waals surface area contributed by atoms with Crippen molar-refractivity contribution in [1.29, 1.82) is 0 Å². The fraction of sp³-hybridized carbons (Fsp3) is 0.500. The van der Waals surface area contributed by atoms with Gasteiger partial charge in [0.25, 0.3) is 0 Å². The Hall–Kier alpha value is -0.870. The van der Waals surface area contributed by atoms with E-state index in [1.165, 1.54) is 0 Å². The third kappa shape index (κ3) is 3.94. The SMILES string of the molecule is Cc1ccc(C)c(CS(=O)(=O)CCCO)c1. The third-order valence-electron chi connectivity index (χ3n) is 2.49. The molecule has 0 aliphatic heterocycles. The minimum Gasteiger partial charge on any atom is -0.396 e. The van der Waals surface area contributed by atoms with Crippen LogP contribution in [0.5, 0.6) is 0 Å². The minimum absolute atomic E-state index is 0.0525. The number of sulfone groups is 1. The van der Waals surface area contributed by atoms with Crippen LogP contribution in [0.1, 0.15) is 23.1 Å². The van der Waals surface area contributed by atoms with E-state index in [-0.39, 0.29) is 18.1 Å². The predicted molar refractivity (Wildman–Crippen MR) is 65.1 cm³/mol. The zero-order valence-corrected chi connectivity index (χ0v) is 10.5. The Morgan fingerprint density at radius 2 is 1.94 bits per heavy atom. The molecule has 0 aliphatic rings. The number of hydrogen-bond donors (Lipinski definition) is 1. The van der Waals surface area contributed by atoms with E-state index in [0.717, 1.165) is 16.7 Å². The van der Waals surface area contributed by atoms with Crippen LogP contribution in [0.2, 0.25) is 0 Å². The molecular weight excluding hydrogens is 224 g/mol. The highest BCUT2D eigenvalue weighted by molar-refractivity contribution is 7.90. The molecule has 0 unspecified atom stereocenters. The molecule has 4 heteroatoms. The summed E-state index contributed by atoms with van der Waals surface area (Å²) in [7, 11) is -3.10. The Labute approximate surface area is 97.0 Å². The topological polar surface area (TPSA) is 54.4 Å². The van der Waals surface area contributed by atoms with E-state index < -0.39 is 9.84 Å². The highest BCUT2D eigenvalue weighted by Crippen LogP contribution is 2.14. The van der Waals surface area contributed by atoms with Crippen molar-refractivity contribution in [2.45, 2.75) is 26.0 Å². The lowest BCUT2D eigenvalue weighted by Crippen LogP contribution is -2.11. The second kappa shape index (κ2) is 5.46. The van der Waals surface area contributed by atoms with Gasteiger partial charge in [0, 0.05) is 6.61 Å². The Bertz CT molecular complexity index is 449. The smallest absolute Gasteiger partial charge is 0.154 e. The number of rotatable bonds is 5. The zero-order valence-electron chi connectivity index (χ0n) is 9.73. The fourth-order valence-electron chi connectivity index (χ4n) is 1.55. The zero-order chi connectivity index (χ0) is 12.2. The van der Waals surface area contributed by atoms with E-state index in [0.29, 0.717) is 6.42 Å². The Morgan fingerprint density at radius 3 is 2.56 bits per heavy atom. The average molecular weight is 242 g/mol. The van der Waals surface area contributed by atoms with Crippen molar-refractivity contribution in [3.63, 3.8) is 0 Å². The molecule has 0 heterocycles. The number of hydrogen-bond acceptors (Lipinski definition) is 3. The highest BCUT2D eigenvalue weighted by atomic mass is 32.2. The lowest BCUT2D eigenvalue weighted by Gasteiger charge is -2.07. The van der Waals surface area contributed by atoms with E-state index >= 15 is 0 Å². The molecule has 0 atom stereocenters. The molecule has 90 valence electrons. The van der Waals surface area contributed by atoms with Crippen molar-refractivity contribution in [2.75, 3.05) is 12.4 Å². The molecule has 3 nitrogen and oxygen atoms in total. The summed E-state index contributed by atoms with van der Waals surface area (Å²) in [5.74, 6) is 0.122. The second-order valence-corrected chi connectivity index (χ2v) is 6.28. The van der Waals surface area contributed by atoms with Gasteiger partial charge < -0.3 is 5.11 Å². The standard InChI is InChI=1S/C12H18O3S/c1-10-4-5-11(2)12(8-10)9-16(14,15)7-3-6-13/h4-5,8,13H,3,6-7,9H2,1-2H3. The van der Waals surface area contributed by atoms with E-state index in [2.05, 4.69) is 0 Å². The Kier molecular flexibility index (Phi) is 4.50. The summed E-state index contributed by atoms with van der Waals surface area (Å²) in [5, 5.41) is 8.63. The molecule has 0 amide bonds. The lowest BCUT2D eigenvalue weighted by atomic mass is 10.1. The van der Waals surface area contributed by atoms with Crippen LogP contribution in [0.3, 0.4) is 0 Å². The van der Waals surface area contributed by atoms with Gasteiger partial charge in [-0.15, -0.1) is 0 Å². The van der Waals surface area contributed by atoms with Crippen LogP contribution in [0.4, 0.5) is 0 Å². The van der Waals surface area contributed by atoms with E-state index in [9.17, 15) is 8.42 Å². The van der Waals surface area contributed by atoms with Crippen LogP contribution in [0.25, 0.3) is 0 Å². The number of aryl methyl sites for hydroxylation is 2. The molecule has 0 bridgehead atoms. The molecule has 0 radical (unpaired) electrons. The van der Waals surface area contributed by atoms with Crippen LogP contribution in [0.15, 0.2) is 18.2 Å². The molecule has 1 rings (SSSR count). The summed E-state index contributed by atoms with van der Waals surface area (Å²) in [6, 6.07) is 5.82. The quantitative estimate of drug-likeness (QED) is 0.853. The van der Waals surface area contributed by atoms with Gasteiger partial charge in [0.05, 0.1) is 11.5 Å². The van der Waals surface area contributed by atoms with Crippen molar-refractivity contribution in [1.82, 2.24) is 0 Å². The van der Waals surface area contributed by atoms with Crippen molar-refractivity contribution < 1.29 is 13.5 Å². The molecule has 1 aromatic carbocycles. The molecule has 0 fully saturated rings. The van der Waals surface area contributed by atoms with Crippen LogP contribution in [-0.2, 0) is 15.6 Å². The molecular formula is C12H18O3S. The Balaban J connectivity index is 2.83. The molecule has 0 aromatic heterocycles. The van der Waals surface area contributed by atoms with Gasteiger partial charge in [0.1, 0.15) is 0 Å². The highest BCUT2D eigenvalue weighted by Gasteiger charge is 2.13. The van der Waals surface area contributed by atoms with Crippen molar-refractivity contribution >= 4 is 9.84 Å². The van der Waals surface area contributed by atoms with Gasteiger partial charge in [-0.2, -0.15) is 0 Å². The maximum Gasteiger partial charge on any atom is 0.154 e. The molecule has 0 saturated carbocycles. The van der Waals surface area contributed by atoms with Crippen molar-refractivity contribution in [3.8, 4) is 0 Å². The summed E-state index contributed by atoms with van der Waals surface area (Å²) in [6.45, 7) is 3.78. The summed E-state index contributed by atoms with van der Waals surface area (Å²) < 4.78 is 23.4.